The van der Waals surface area contributed by atoms with Crippen molar-refractivity contribution in [3.8, 4) is 0 Å². The molecule has 0 bridgehead atoms. The van der Waals surface area contributed by atoms with Crippen molar-refractivity contribution in [3.63, 3.8) is 0 Å². The molecule has 2 heterocycles. The van der Waals surface area contributed by atoms with Gasteiger partial charge in [0.25, 0.3) is 5.56 Å². The molecular weight excluding hydrogens is 617 g/mol. The molecule has 1 aliphatic rings. The van der Waals surface area contributed by atoms with E-state index in [2.05, 4.69) is 4.98 Å². The van der Waals surface area contributed by atoms with Gasteiger partial charge in [-0.25, -0.2) is 4.79 Å². The van der Waals surface area contributed by atoms with Crippen LogP contribution in [0.2, 0.25) is 39.3 Å². The Morgan fingerprint density at radius 1 is 0.909 bits per heavy atom. The highest BCUT2D eigenvalue weighted by Crippen LogP contribution is 2.36. The molecule has 1 saturated heterocycles. The Hall–Kier alpha value is -2.96. The maximum absolute atomic E-state index is 12.5. The molecular formula is C30H42N2O9Si3. The van der Waals surface area contributed by atoms with Crippen LogP contribution in [0.25, 0.3) is 0 Å². The minimum atomic E-state index is -3.96. The molecule has 44 heavy (non-hydrogen) atoms. The Balaban J connectivity index is 1.72. The number of H-pyrrole nitrogens is 1. The number of carbonyl (C=O) groups is 1. The lowest BCUT2D eigenvalue weighted by molar-refractivity contribution is -0.150. The largest absolute Gasteiger partial charge is 0.659 e. The third kappa shape index (κ3) is 9.52. The average molecular weight is 659 g/mol. The second kappa shape index (κ2) is 14.0. The predicted molar refractivity (Wildman–Crippen MR) is 172 cm³/mol. The van der Waals surface area contributed by atoms with Crippen LogP contribution in [0.3, 0.4) is 0 Å². The Kier molecular flexibility index (Phi) is 10.8. The van der Waals surface area contributed by atoms with Crippen LogP contribution in [0.4, 0.5) is 0 Å². The number of carbonyl (C=O) groups excluding carboxylic acids is 1. The van der Waals surface area contributed by atoms with Crippen molar-refractivity contribution >= 4 is 31.7 Å². The van der Waals surface area contributed by atoms with Crippen molar-refractivity contribution in [1.82, 2.24) is 9.55 Å². The summed E-state index contributed by atoms with van der Waals surface area (Å²) in [5.41, 5.74) is 0.664. The molecule has 3 atom stereocenters. The zero-order chi connectivity index (χ0) is 32.1. The van der Waals surface area contributed by atoms with E-state index in [1.54, 1.807) is 0 Å². The van der Waals surface area contributed by atoms with E-state index in [1.165, 1.54) is 23.8 Å². The van der Waals surface area contributed by atoms with Crippen LogP contribution in [0, 0.1) is 0 Å². The van der Waals surface area contributed by atoms with Gasteiger partial charge in [-0.3, -0.25) is 19.1 Å². The SMILES string of the molecule is CC(=O)O[C@H]1C[C@H](n2ccc(=O)[nH]c2=O)O[C@@H]1CO[Si](OC(c1ccccc1)c1ccccc1)(O[Si](C)(C)C)O[Si](C)(C)C. The van der Waals surface area contributed by atoms with E-state index in [4.69, 9.17) is 26.6 Å². The van der Waals surface area contributed by atoms with Gasteiger partial charge in [0.05, 0.1) is 6.61 Å². The second-order valence-electron chi connectivity index (χ2n) is 12.6. The van der Waals surface area contributed by atoms with Crippen LogP contribution in [0.1, 0.15) is 36.8 Å². The summed E-state index contributed by atoms with van der Waals surface area (Å²) < 4.78 is 40.3. The van der Waals surface area contributed by atoms with Gasteiger partial charge in [-0.15, -0.1) is 0 Å². The lowest BCUT2D eigenvalue weighted by Gasteiger charge is -2.40. The summed E-state index contributed by atoms with van der Waals surface area (Å²) in [5, 5.41) is 0. The molecule has 0 radical (unpaired) electrons. The number of esters is 1. The number of aromatic amines is 1. The molecule has 238 valence electrons. The normalized spacial score (nSPS) is 19.3. The number of nitrogens with zero attached hydrogens (tertiary/aromatic N) is 1. The molecule has 0 saturated carbocycles. The van der Waals surface area contributed by atoms with Crippen molar-refractivity contribution in [3.05, 3.63) is 105 Å². The predicted octanol–water partition coefficient (Wildman–Crippen LogP) is 4.72. The first kappa shape index (κ1) is 33.9. The molecule has 2 aromatic carbocycles. The van der Waals surface area contributed by atoms with Crippen LogP contribution in [-0.2, 0) is 31.4 Å². The highest BCUT2D eigenvalue weighted by molar-refractivity contribution is 6.83. The van der Waals surface area contributed by atoms with E-state index >= 15 is 0 Å². The Morgan fingerprint density at radius 2 is 1.45 bits per heavy atom. The summed E-state index contributed by atoms with van der Waals surface area (Å²) in [6.45, 7) is 13.5. The van der Waals surface area contributed by atoms with Crippen LogP contribution in [0.5, 0.6) is 0 Å². The number of aromatic nitrogens is 2. The summed E-state index contributed by atoms with van der Waals surface area (Å²) in [5.74, 6) is -0.497. The van der Waals surface area contributed by atoms with Gasteiger partial charge in [-0.2, -0.15) is 0 Å². The van der Waals surface area contributed by atoms with Crippen LogP contribution in [0.15, 0.2) is 82.5 Å². The van der Waals surface area contributed by atoms with E-state index in [1.807, 2.05) is 99.9 Å². The number of ether oxygens (including phenoxy) is 2. The maximum atomic E-state index is 12.5. The van der Waals surface area contributed by atoms with Crippen LogP contribution < -0.4 is 11.2 Å². The standard InChI is InChI=1S/C30H42N2O9Si3/c1-22(33)37-25-20-28(32-19-18-27(34)31-30(32)35)38-26(25)21-36-44(40-42(2,3)4,41-43(5,6)7)39-29(23-14-10-8-11-15-23)24-16-12-9-13-17-24/h8-19,25-26,28-29H,20-21H2,1-7H3,(H,31,34,35)/t25-,26+,28+/m0/s1. The second-order valence-corrected chi connectivity index (χ2v) is 24.2. The molecule has 0 aliphatic carbocycles. The smallest absolute Gasteiger partial charge is 0.460 e. The van der Waals surface area contributed by atoms with Gasteiger partial charge >= 0.3 is 20.7 Å². The number of nitrogens with one attached hydrogen (secondary N) is 1. The fourth-order valence-corrected chi connectivity index (χ4v) is 13.2. The van der Waals surface area contributed by atoms with E-state index < -0.39 is 67.4 Å². The molecule has 0 spiro atoms. The van der Waals surface area contributed by atoms with E-state index in [-0.39, 0.29) is 13.0 Å². The van der Waals surface area contributed by atoms with Gasteiger partial charge < -0.3 is 26.6 Å². The monoisotopic (exact) mass is 658 g/mol. The summed E-state index contributed by atoms with van der Waals surface area (Å²) in [6, 6.07) is 20.9. The van der Waals surface area contributed by atoms with Crippen LogP contribution >= 0.6 is 0 Å². The molecule has 0 unspecified atom stereocenters. The highest BCUT2D eigenvalue weighted by atomic mass is 28.5. The van der Waals surface area contributed by atoms with E-state index in [0.717, 1.165) is 11.1 Å². The quantitative estimate of drug-likeness (QED) is 0.205. The lowest BCUT2D eigenvalue weighted by atomic mass is 10.0. The van der Waals surface area contributed by atoms with Crippen molar-refractivity contribution in [2.75, 3.05) is 6.61 Å². The third-order valence-corrected chi connectivity index (χ3v) is 14.4. The molecule has 3 aromatic rings. The van der Waals surface area contributed by atoms with E-state index in [0.29, 0.717) is 0 Å². The Morgan fingerprint density at radius 3 is 1.93 bits per heavy atom. The fourth-order valence-electron chi connectivity index (χ4n) is 4.84. The maximum Gasteiger partial charge on any atom is 0.659 e. The Labute approximate surface area is 260 Å². The molecule has 14 heteroatoms. The first-order valence-corrected chi connectivity index (χ1v) is 23.0. The number of benzene rings is 2. The van der Waals surface area contributed by atoms with Crippen LogP contribution in [-0.4, -0.2) is 60.0 Å². The number of hydrogen-bond acceptors (Lipinski definition) is 9. The first-order chi connectivity index (χ1) is 20.6. The number of rotatable bonds is 13. The van der Waals surface area contributed by atoms with Gasteiger partial charge in [0.1, 0.15) is 24.5 Å². The van der Waals surface area contributed by atoms with Gasteiger partial charge in [0.2, 0.25) is 0 Å². The molecule has 1 fully saturated rings. The third-order valence-electron chi connectivity index (χ3n) is 6.41. The van der Waals surface area contributed by atoms with Gasteiger partial charge in [-0.1, -0.05) is 60.7 Å². The summed E-state index contributed by atoms with van der Waals surface area (Å²) in [4.78, 5) is 38.4. The first-order valence-electron chi connectivity index (χ1n) is 14.6. The van der Waals surface area contributed by atoms with Crippen molar-refractivity contribution in [2.24, 2.45) is 0 Å². The number of hydrogen-bond donors (Lipinski definition) is 1. The topological polar surface area (TPSA) is 127 Å². The lowest BCUT2D eigenvalue weighted by Crippen LogP contribution is -2.60. The molecule has 1 aliphatic heterocycles. The Bertz CT molecular complexity index is 1450. The zero-order valence-corrected chi connectivity index (χ0v) is 29.3. The highest BCUT2D eigenvalue weighted by Gasteiger charge is 2.55. The summed E-state index contributed by atoms with van der Waals surface area (Å²) >= 11 is 0. The van der Waals surface area contributed by atoms with Gasteiger partial charge in [-0.05, 0) is 50.4 Å². The molecule has 1 aromatic heterocycles. The van der Waals surface area contributed by atoms with Gasteiger partial charge in [0.15, 0.2) is 16.6 Å². The van der Waals surface area contributed by atoms with Crippen molar-refractivity contribution in [2.45, 2.75) is 77.2 Å². The molecule has 0 amide bonds. The molecule has 4 rings (SSSR count). The minimum Gasteiger partial charge on any atom is -0.460 e. The summed E-state index contributed by atoms with van der Waals surface area (Å²) in [7, 11) is -8.68. The average Bonchev–Trinajstić information content (AvgIpc) is 3.31. The molecule has 11 nitrogen and oxygen atoms in total. The molecule has 1 N–H and O–H groups in total. The summed E-state index contributed by atoms with van der Waals surface area (Å²) in [6.07, 6.45) is -1.34. The fraction of sp³-hybridized carbons (Fsp3) is 0.433. The van der Waals surface area contributed by atoms with Gasteiger partial charge in [0, 0.05) is 25.6 Å². The zero-order valence-electron chi connectivity index (χ0n) is 26.3. The van der Waals surface area contributed by atoms with Crippen molar-refractivity contribution in [1.29, 1.82) is 0 Å². The van der Waals surface area contributed by atoms with E-state index in [9.17, 15) is 14.4 Å². The van der Waals surface area contributed by atoms with Crippen molar-refractivity contribution < 1.29 is 31.4 Å². The minimum absolute atomic E-state index is 0.0932.